The molecule has 0 aromatic carbocycles. The number of nitrogens with one attached hydrogen (secondary N) is 1. The lowest BCUT2D eigenvalue weighted by Crippen LogP contribution is -2.41. The Morgan fingerprint density at radius 3 is 2.43 bits per heavy atom. The zero-order chi connectivity index (χ0) is 10.8. The second-order valence-corrected chi connectivity index (χ2v) is 4.26. The summed E-state index contributed by atoms with van der Waals surface area (Å²) in [6.07, 6.45) is 6.41. The summed E-state index contributed by atoms with van der Waals surface area (Å²) >= 11 is 0. The van der Waals surface area contributed by atoms with E-state index in [0.717, 1.165) is 19.0 Å². The predicted molar refractivity (Wildman–Crippen MR) is 63.0 cm³/mol. The van der Waals surface area contributed by atoms with Crippen molar-refractivity contribution in [2.75, 3.05) is 13.1 Å². The van der Waals surface area contributed by atoms with Crippen LogP contribution in [0.3, 0.4) is 0 Å². The Hall–Kier alpha value is -0.120. The van der Waals surface area contributed by atoms with Crippen molar-refractivity contribution in [2.45, 2.75) is 52.1 Å². The zero-order valence-electron chi connectivity index (χ0n) is 9.76. The van der Waals surface area contributed by atoms with Crippen LogP contribution in [0.25, 0.3) is 0 Å². The van der Waals surface area contributed by atoms with Gasteiger partial charge in [0.2, 0.25) is 0 Å². The van der Waals surface area contributed by atoms with E-state index in [1.165, 1.54) is 32.1 Å². The first-order valence-electron chi connectivity index (χ1n) is 5.88. The minimum absolute atomic E-state index is 0.217. The molecule has 0 radical (unpaired) electrons. The summed E-state index contributed by atoms with van der Waals surface area (Å²) in [5.41, 5.74) is 10.8. The highest BCUT2D eigenvalue weighted by atomic mass is 15.0. The van der Waals surface area contributed by atoms with Crippen molar-refractivity contribution in [1.82, 2.24) is 5.32 Å². The van der Waals surface area contributed by atoms with Crippen LogP contribution in [0.15, 0.2) is 0 Å². The molecule has 0 aliphatic rings. The van der Waals surface area contributed by atoms with Gasteiger partial charge < -0.3 is 16.8 Å². The Labute approximate surface area is 88.6 Å². The summed E-state index contributed by atoms with van der Waals surface area (Å²) < 4.78 is 0. The molecule has 14 heavy (non-hydrogen) atoms. The van der Waals surface area contributed by atoms with Crippen LogP contribution in [-0.2, 0) is 0 Å². The Kier molecular flexibility index (Phi) is 9.35. The fourth-order valence-corrected chi connectivity index (χ4v) is 1.50. The highest BCUT2D eigenvalue weighted by molar-refractivity contribution is 4.59. The van der Waals surface area contributed by atoms with E-state index in [2.05, 4.69) is 19.2 Å². The number of unbranched alkanes of at least 4 members (excludes halogenated alkanes) is 2. The SMILES string of the molecule is CCCCCC(C)CCNCC(N)N. The molecule has 0 spiro atoms. The number of nitrogens with two attached hydrogens (primary N) is 2. The van der Waals surface area contributed by atoms with Gasteiger partial charge in [-0.15, -0.1) is 0 Å². The van der Waals surface area contributed by atoms with E-state index in [1.807, 2.05) is 0 Å². The first-order valence-corrected chi connectivity index (χ1v) is 5.88. The molecule has 5 N–H and O–H groups in total. The van der Waals surface area contributed by atoms with Crippen LogP contribution in [0.5, 0.6) is 0 Å². The highest BCUT2D eigenvalue weighted by Crippen LogP contribution is 2.11. The molecule has 1 unspecified atom stereocenters. The summed E-state index contributed by atoms with van der Waals surface area (Å²) in [5, 5.41) is 3.26. The third-order valence-corrected chi connectivity index (χ3v) is 2.49. The van der Waals surface area contributed by atoms with E-state index in [9.17, 15) is 0 Å². The van der Waals surface area contributed by atoms with E-state index < -0.39 is 0 Å². The molecule has 0 amide bonds. The summed E-state index contributed by atoms with van der Waals surface area (Å²) in [6, 6.07) is 0. The van der Waals surface area contributed by atoms with Gasteiger partial charge in [0, 0.05) is 6.54 Å². The quantitative estimate of drug-likeness (QED) is 0.390. The average molecular weight is 201 g/mol. The van der Waals surface area contributed by atoms with Crippen molar-refractivity contribution in [2.24, 2.45) is 17.4 Å². The fraction of sp³-hybridized carbons (Fsp3) is 1.00. The lowest BCUT2D eigenvalue weighted by molar-refractivity contribution is 0.442. The number of rotatable bonds is 9. The molecular formula is C11H27N3. The standard InChI is InChI=1S/C11H27N3/c1-3-4-5-6-10(2)7-8-14-9-11(12)13/h10-11,14H,3-9,12-13H2,1-2H3. The van der Waals surface area contributed by atoms with Crippen molar-refractivity contribution in [3.05, 3.63) is 0 Å². The maximum Gasteiger partial charge on any atom is 0.0649 e. The third kappa shape index (κ3) is 9.96. The van der Waals surface area contributed by atoms with Gasteiger partial charge in [0.15, 0.2) is 0 Å². The smallest absolute Gasteiger partial charge is 0.0649 e. The lowest BCUT2D eigenvalue weighted by atomic mass is 10.00. The van der Waals surface area contributed by atoms with Crippen LogP contribution in [0.1, 0.15) is 46.0 Å². The fourth-order valence-electron chi connectivity index (χ4n) is 1.50. The maximum absolute atomic E-state index is 5.42. The van der Waals surface area contributed by atoms with Crippen LogP contribution in [0.4, 0.5) is 0 Å². The molecular weight excluding hydrogens is 174 g/mol. The molecule has 0 fully saturated rings. The normalized spacial score (nSPS) is 13.5. The van der Waals surface area contributed by atoms with Crippen LogP contribution in [0, 0.1) is 5.92 Å². The second-order valence-electron chi connectivity index (χ2n) is 4.26. The second kappa shape index (κ2) is 9.44. The molecule has 0 heterocycles. The van der Waals surface area contributed by atoms with Crippen molar-refractivity contribution < 1.29 is 0 Å². The maximum atomic E-state index is 5.42. The molecule has 3 nitrogen and oxygen atoms in total. The summed E-state index contributed by atoms with van der Waals surface area (Å²) in [4.78, 5) is 0. The molecule has 3 heteroatoms. The Bertz CT molecular complexity index is 115. The molecule has 0 aliphatic carbocycles. The van der Waals surface area contributed by atoms with Gasteiger partial charge >= 0.3 is 0 Å². The van der Waals surface area contributed by atoms with Crippen molar-refractivity contribution in [3.8, 4) is 0 Å². The van der Waals surface area contributed by atoms with E-state index in [1.54, 1.807) is 0 Å². The van der Waals surface area contributed by atoms with E-state index in [-0.39, 0.29) is 6.17 Å². The summed E-state index contributed by atoms with van der Waals surface area (Å²) in [6.45, 7) is 6.33. The van der Waals surface area contributed by atoms with Gasteiger partial charge in [0.1, 0.15) is 0 Å². The monoisotopic (exact) mass is 201 g/mol. The molecule has 86 valence electrons. The highest BCUT2D eigenvalue weighted by Gasteiger charge is 2.01. The topological polar surface area (TPSA) is 64.1 Å². The van der Waals surface area contributed by atoms with Gasteiger partial charge in [0.25, 0.3) is 0 Å². The van der Waals surface area contributed by atoms with E-state index in [4.69, 9.17) is 11.5 Å². The van der Waals surface area contributed by atoms with Gasteiger partial charge in [0.05, 0.1) is 6.17 Å². The van der Waals surface area contributed by atoms with Crippen molar-refractivity contribution in [3.63, 3.8) is 0 Å². The molecule has 0 bridgehead atoms. The molecule has 0 aromatic heterocycles. The van der Waals surface area contributed by atoms with Gasteiger partial charge in [-0.1, -0.05) is 39.5 Å². The summed E-state index contributed by atoms with van der Waals surface area (Å²) in [5.74, 6) is 0.822. The number of hydrogen-bond donors (Lipinski definition) is 3. The largest absolute Gasteiger partial charge is 0.315 e. The van der Waals surface area contributed by atoms with Gasteiger partial charge in [-0.2, -0.15) is 0 Å². The zero-order valence-corrected chi connectivity index (χ0v) is 9.76. The number of hydrogen-bond acceptors (Lipinski definition) is 3. The van der Waals surface area contributed by atoms with E-state index in [0.29, 0.717) is 0 Å². The minimum Gasteiger partial charge on any atom is -0.315 e. The molecule has 0 saturated heterocycles. The predicted octanol–water partition coefficient (Wildman–Crippen LogP) is 1.43. The Balaban J connectivity index is 3.14. The van der Waals surface area contributed by atoms with Crippen LogP contribution < -0.4 is 16.8 Å². The Morgan fingerprint density at radius 2 is 1.86 bits per heavy atom. The van der Waals surface area contributed by atoms with Gasteiger partial charge in [-0.3, -0.25) is 0 Å². The molecule has 0 aromatic rings. The van der Waals surface area contributed by atoms with Gasteiger partial charge in [-0.25, -0.2) is 0 Å². The van der Waals surface area contributed by atoms with E-state index >= 15 is 0 Å². The molecule has 1 atom stereocenters. The molecule has 0 saturated carbocycles. The molecule has 0 aliphatic heterocycles. The molecule has 0 rings (SSSR count). The first kappa shape index (κ1) is 13.9. The van der Waals surface area contributed by atoms with Crippen molar-refractivity contribution >= 4 is 0 Å². The Morgan fingerprint density at radius 1 is 1.14 bits per heavy atom. The van der Waals surface area contributed by atoms with Crippen LogP contribution in [0.2, 0.25) is 0 Å². The van der Waals surface area contributed by atoms with Gasteiger partial charge in [-0.05, 0) is 18.9 Å². The lowest BCUT2D eigenvalue weighted by Gasteiger charge is -2.12. The van der Waals surface area contributed by atoms with Crippen molar-refractivity contribution in [1.29, 1.82) is 0 Å². The minimum atomic E-state index is -0.217. The van der Waals surface area contributed by atoms with Crippen LogP contribution >= 0.6 is 0 Å². The summed E-state index contributed by atoms with van der Waals surface area (Å²) in [7, 11) is 0. The first-order chi connectivity index (χ1) is 6.66. The average Bonchev–Trinajstić information content (AvgIpc) is 2.13. The van der Waals surface area contributed by atoms with Crippen LogP contribution in [-0.4, -0.2) is 19.3 Å². The third-order valence-electron chi connectivity index (χ3n) is 2.49.